The molecule has 2 aromatic heterocycles. The van der Waals surface area contributed by atoms with Gasteiger partial charge in [0, 0.05) is 28.3 Å². The van der Waals surface area contributed by atoms with E-state index in [1.165, 1.54) is 28.7 Å². The van der Waals surface area contributed by atoms with Crippen LogP contribution in [-0.2, 0) is 12.3 Å². The third-order valence-electron chi connectivity index (χ3n) is 4.59. The van der Waals surface area contributed by atoms with E-state index in [1.807, 2.05) is 29.6 Å². The van der Waals surface area contributed by atoms with E-state index >= 15 is 0 Å². The molecular weight excluding hydrogens is 420 g/mol. The smallest absolute Gasteiger partial charge is 0.263 e. The summed E-state index contributed by atoms with van der Waals surface area (Å²) in [5, 5.41) is 4.09. The maximum atomic E-state index is 13.4. The van der Waals surface area contributed by atoms with Crippen LogP contribution in [-0.4, -0.2) is 9.55 Å². The summed E-state index contributed by atoms with van der Waals surface area (Å²) in [5.41, 5.74) is 4.22. The molecule has 0 fully saturated rings. The summed E-state index contributed by atoms with van der Waals surface area (Å²) < 4.78 is 1.70. The van der Waals surface area contributed by atoms with Gasteiger partial charge in [0.25, 0.3) is 5.56 Å². The number of allylic oxidation sites excluding steroid dienone is 1. The summed E-state index contributed by atoms with van der Waals surface area (Å²) in [6.07, 6.45) is 1.73. The van der Waals surface area contributed by atoms with E-state index in [-0.39, 0.29) is 5.56 Å². The van der Waals surface area contributed by atoms with Gasteiger partial charge >= 0.3 is 0 Å². The fraction of sp³-hybridized carbons (Fsp3) is 0.130. The number of rotatable bonds is 6. The Hall–Kier alpha value is -2.34. The minimum absolute atomic E-state index is 0.0275. The van der Waals surface area contributed by atoms with Crippen LogP contribution in [0, 0.1) is 6.92 Å². The number of halogens is 1. The summed E-state index contributed by atoms with van der Waals surface area (Å²) >= 11 is 9.13. The normalized spacial score (nSPS) is 11.1. The van der Waals surface area contributed by atoms with Crippen LogP contribution in [0.4, 0.5) is 0 Å². The molecule has 146 valence electrons. The number of hydrogen-bond acceptors (Lipinski definition) is 4. The first-order chi connectivity index (χ1) is 14.1. The Morgan fingerprint density at radius 1 is 1.24 bits per heavy atom. The minimum atomic E-state index is -0.0275. The van der Waals surface area contributed by atoms with Crippen LogP contribution in [0.2, 0.25) is 5.02 Å². The van der Waals surface area contributed by atoms with Gasteiger partial charge in [-0.15, -0.1) is 17.9 Å². The van der Waals surface area contributed by atoms with E-state index in [2.05, 4.69) is 37.8 Å². The fourth-order valence-corrected chi connectivity index (χ4v) is 5.28. The van der Waals surface area contributed by atoms with Gasteiger partial charge in [-0.05, 0) is 30.2 Å². The highest BCUT2D eigenvalue weighted by Gasteiger charge is 2.17. The van der Waals surface area contributed by atoms with Crippen LogP contribution in [0.25, 0.3) is 21.3 Å². The molecule has 0 spiro atoms. The number of aromatic nitrogens is 2. The van der Waals surface area contributed by atoms with Gasteiger partial charge in [-0.3, -0.25) is 9.36 Å². The van der Waals surface area contributed by atoms with Crippen molar-refractivity contribution in [1.82, 2.24) is 9.55 Å². The lowest BCUT2D eigenvalue weighted by Gasteiger charge is -2.11. The van der Waals surface area contributed by atoms with Crippen molar-refractivity contribution < 1.29 is 0 Å². The van der Waals surface area contributed by atoms with Crippen LogP contribution < -0.4 is 5.56 Å². The topological polar surface area (TPSA) is 34.9 Å². The quantitative estimate of drug-likeness (QED) is 0.194. The molecule has 0 amide bonds. The third kappa shape index (κ3) is 4.17. The molecule has 0 unspecified atom stereocenters. The van der Waals surface area contributed by atoms with Crippen LogP contribution in [0.1, 0.15) is 11.1 Å². The highest BCUT2D eigenvalue weighted by molar-refractivity contribution is 7.98. The number of aryl methyl sites for hydroxylation is 1. The molecular formula is C23H19ClN2OS2. The molecule has 4 rings (SSSR count). The number of fused-ring (bicyclic) bond motifs is 1. The molecule has 0 bridgehead atoms. The average Bonchev–Trinajstić information content (AvgIpc) is 3.14. The zero-order chi connectivity index (χ0) is 20.4. The molecule has 0 aliphatic carbocycles. The summed E-state index contributed by atoms with van der Waals surface area (Å²) in [6.45, 7) is 6.29. The van der Waals surface area contributed by atoms with Gasteiger partial charge in [0.05, 0.1) is 5.39 Å². The lowest BCUT2D eigenvalue weighted by atomic mass is 10.1. The number of nitrogens with zero attached hydrogens (tertiary/aromatic N) is 2. The Morgan fingerprint density at radius 3 is 2.76 bits per heavy atom. The second kappa shape index (κ2) is 8.57. The Kier molecular flexibility index (Phi) is 5.90. The second-order valence-corrected chi connectivity index (χ2v) is 8.95. The fourth-order valence-electron chi connectivity index (χ4n) is 3.13. The van der Waals surface area contributed by atoms with Gasteiger partial charge in [0.15, 0.2) is 5.16 Å². The van der Waals surface area contributed by atoms with Gasteiger partial charge in [0.2, 0.25) is 0 Å². The van der Waals surface area contributed by atoms with E-state index in [4.69, 9.17) is 16.6 Å². The summed E-state index contributed by atoms with van der Waals surface area (Å²) in [6, 6.07) is 16.0. The van der Waals surface area contributed by atoms with Crippen LogP contribution in [0.5, 0.6) is 0 Å². The van der Waals surface area contributed by atoms with Crippen LogP contribution >= 0.6 is 34.7 Å². The molecule has 4 aromatic rings. The predicted molar refractivity (Wildman–Crippen MR) is 125 cm³/mol. The first-order valence-corrected chi connectivity index (χ1v) is 11.4. The van der Waals surface area contributed by atoms with Crippen molar-refractivity contribution in [2.75, 3.05) is 0 Å². The largest absolute Gasteiger partial charge is 0.283 e. The average molecular weight is 439 g/mol. The Labute approximate surface area is 182 Å². The highest BCUT2D eigenvalue weighted by Crippen LogP contribution is 2.33. The molecule has 0 atom stereocenters. The number of thiophene rings is 1. The lowest BCUT2D eigenvalue weighted by Crippen LogP contribution is -2.22. The lowest BCUT2D eigenvalue weighted by molar-refractivity contribution is 0.673. The van der Waals surface area contributed by atoms with Crippen molar-refractivity contribution in [1.29, 1.82) is 0 Å². The zero-order valence-corrected chi connectivity index (χ0v) is 18.3. The number of hydrogen-bond donors (Lipinski definition) is 0. The van der Waals surface area contributed by atoms with Crippen LogP contribution in [0.3, 0.4) is 0 Å². The highest BCUT2D eigenvalue weighted by atomic mass is 35.5. The molecule has 0 radical (unpaired) electrons. The van der Waals surface area contributed by atoms with Gasteiger partial charge < -0.3 is 0 Å². The first-order valence-electron chi connectivity index (χ1n) is 9.14. The Morgan fingerprint density at radius 2 is 2.03 bits per heavy atom. The second-order valence-electron chi connectivity index (χ2n) is 6.71. The first kappa shape index (κ1) is 20.0. The van der Waals surface area contributed by atoms with Crippen molar-refractivity contribution in [3.05, 3.63) is 93.1 Å². The molecule has 2 aromatic carbocycles. The molecule has 0 aliphatic rings. The molecule has 2 heterocycles. The van der Waals surface area contributed by atoms with Gasteiger partial charge in [-0.25, -0.2) is 4.98 Å². The molecule has 0 aliphatic heterocycles. The number of thioether (sulfide) groups is 1. The molecule has 29 heavy (non-hydrogen) atoms. The van der Waals surface area contributed by atoms with E-state index < -0.39 is 0 Å². The Bertz CT molecular complexity index is 1240. The monoisotopic (exact) mass is 438 g/mol. The van der Waals surface area contributed by atoms with Gasteiger partial charge in [0.1, 0.15) is 4.83 Å². The van der Waals surface area contributed by atoms with Crippen LogP contribution in [0.15, 0.2) is 76.5 Å². The SMILES string of the molecule is C=CCn1c(SCc2cccc(Cl)c2)nc2scc(-c3ccc(C)cc3)c2c1=O. The minimum Gasteiger partial charge on any atom is -0.283 e. The summed E-state index contributed by atoms with van der Waals surface area (Å²) in [5.74, 6) is 0.686. The summed E-state index contributed by atoms with van der Waals surface area (Å²) in [7, 11) is 0. The molecule has 0 saturated carbocycles. The Balaban J connectivity index is 1.77. The van der Waals surface area contributed by atoms with E-state index in [1.54, 1.807) is 10.6 Å². The van der Waals surface area contributed by atoms with Crippen molar-refractivity contribution in [2.24, 2.45) is 0 Å². The zero-order valence-electron chi connectivity index (χ0n) is 15.9. The predicted octanol–water partition coefficient (Wildman–Crippen LogP) is 6.57. The third-order valence-corrected chi connectivity index (χ3v) is 6.74. The molecule has 6 heteroatoms. The molecule has 3 nitrogen and oxygen atoms in total. The van der Waals surface area contributed by atoms with Crippen molar-refractivity contribution in [3.63, 3.8) is 0 Å². The standard InChI is InChI=1S/C23H19ClN2OS2/c1-3-11-26-22(27)20-19(17-9-7-15(2)8-10-17)14-28-21(20)25-23(26)29-13-16-5-4-6-18(24)12-16/h3-10,12,14H,1,11,13H2,2H3. The van der Waals surface area contributed by atoms with E-state index in [0.717, 1.165) is 21.5 Å². The summed E-state index contributed by atoms with van der Waals surface area (Å²) in [4.78, 5) is 19.0. The van der Waals surface area contributed by atoms with Crippen molar-refractivity contribution in [3.8, 4) is 11.1 Å². The molecule has 0 N–H and O–H groups in total. The van der Waals surface area contributed by atoms with Crippen molar-refractivity contribution >= 4 is 44.9 Å². The maximum absolute atomic E-state index is 13.4. The number of benzene rings is 2. The van der Waals surface area contributed by atoms with Crippen molar-refractivity contribution in [2.45, 2.75) is 24.4 Å². The van der Waals surface area contributed by atoms with E-state index in [0.29, 0.717) is 27.9 Å². The maximum Gasteiger partial charge on any atom is 0.263 e. The molecule has 0 saturated heterocycles. The van der Waals surface area contributed by atoms with E-state index in [9.17, 15) is 4.79 Å². The van der Waals surface area contributed by atoms with Gasteiger partial charge in [-0.1, -0.05) is 71.4 Å². The van der Waals surface area contributed by atoms with Gasteiger partial charge in [-0.2, -0.15) is 0 Å².